The van der Waals surface area contributed by atoms with E-state index < -0.39 is 24.1 Å². The minimum atomic E-state index is -0.730. The lowest BCUT2D eigenvalue weighted by Crippen LogP contribution is -2.41. The number of halogens is 1. The van der Waals surface area contributed by atoms with Crippen LogP contribution in [-0.4, -0.2) is 33.3 Å². The molecule has 2 aromatic rings. The Hall–Kier alpha value is -1.47. The molecule has 106 valence electrons. The molecule has 2 heterocycles. The van der Waals surface area contributed by atoms with Gasteiger partial charge in [0.25, 0.3) is 0 Å². The molecule has 0 N–H and O–H groups in total. The molecule has 0 saturated carbocycles. The summed E-state index contributed by atoms with van der Waals surface area (Å²) in [6.07, 6.45) is 0. The van der Waals surface area contributed by atoms with E-state index in [1.165, 1.54) is 10.9 Å². The summed E-state index contributed by atoms with van der Waals surface area (Å²) in [5.41, 5.74) is 0.503. The quantitative estimate of drug-likeness (QED) is 0.739. The van der Waals surface area contributed by atoms with Crippen molar-refractivity contribution in [1.29, 1.82) is 0 Å². The number of fused-ring (bicyclic) bond motifs is 1. The summed E-state index contributed by atoms with van der Waals surface area (Å²) in [7, 11) is 0.971. The summed E-state index contributed by atoms with van der Waals surface area (Å²) in [4.78, 5) is 1.41. The van der Waals surface area contributed by atoms with E-state index in [4.69, 9.17) is 9.31 Å². The predicted octanol–water partition coefficient (Wildman–Crippen LogP) is 1.41. The monoisotopic (exact) mass is 277 g/mol. The van der Waals surface area contributed by atoms with Crippen molar-refractivity contribution in [3.8, 4) is 0 Å². The molecule has 1 aliphatic heterocycles. The lowest BCUT2D eigenvalue weighted by atomic mass is 9.78. The first kappa shape index (κ1) is 13.5. The van der Waals surface area contributed by atoms with Crippen LogP contribution >= 0.6 is 0 Å². The molecular formula is C13H17BFN3O2. The number of aryl methyl sites for hydroxylation is 1. The van der Waals surface area contributed by atoms with Crippen LogP contribution in [0.1, 0.15) is 27.7 Å². The van der Waals surface area contributed by atoms with Gasteiger partial charge in [0.2, 0.25) is 0 Å². The normalized spacial score (nSPS) is 20.8. The van der Waals surface area contributed by atoms with Crippen molar-refractivity contribution >= 4 is 23.6 Å². The molecule has 1 saturated heterocycles. The average Bonchev–Trinajstić information content (AvgIpc) is 2.74. The van der Waals surface area contributed by atoms with E-state index in [0.29, 0.717) is 16.5 Å². The van der Waals surface area contributed by atoms with Crippen LogP contribution in [0.4, 0.5) is 4.39 Å². The zero-order valence-electron chi connectivity index (χ0n) is 12.3. The molecule has 0 amide bonds. The van der Waals surface area contributed by atoms with Crippen LogP contribution < -0.4 is 5.46 Å². The Balaban J connectivity index is 2.05. The van der Waals surface area contributed by atoms with E-state index >= 15 is 0 Å². The summed E-state index contributed by atoms with van der Waals surface area (Å²) < 4.78 is 26.0. The van der Waals surface area contributed by atoms with Gasteiger partial charge in [-0.3, -0.25) is 0 Å². The number of nitrogens with zero attached hydrogens (tertiary/aromatic N) is 3. The number of rotatable bonds is 1. The summed E-state index contributed by atoms with van der Waals surface area (Å²) in [5, 5.41) is 8.27. The molecule has 1 aliphatic rings. The second kappa shape index (κ2) is 4.02. The highest BCUT2D eigenvalue weighted by Crippen LogP contribution is 2.36. The minimum absolute atomic E-state index is 0.358. The van der Waals surface area contributed by atoms with E-state index in [1.54, 1.807) is 13.1 Å². The van der Waals surface area contributed by atoms with E-state index in [-0.39, 0.29) is 0 Å². The number of aromatic nitrogens is 3. The van der Waals surface area contributed by atoms with Crippen LogP contribution in [0.25, 0.3) is 11.0 Å². The second-order valence-corrected chi connectivity index (χ2v) is 6.14. The third kappa shape index (κ3) is 1.92. The zero-order chi connectivity index (χ0) is 14.7. The molecule has 0 spiro atoms. The summed E-state index contributed by atoms with van der Waals surface area (Å²) >= 11 is 0. The molecule has 1 aromatic carbocycles. The molecular weight excluding hydrogens is 260 g/mol. The second-order valence-electron chi connectivity index (χ2n) is 6.14. The van der Waals surface area contributed by atoms with E-state index in [2.05, 4.69) is 10.2 Å². The predicted molar refractivity (Wildman–Crippen MR) is 74.2 cm³/mol. The van der Waals surface area contributed by atoms with Crippen LogP contribution in [0.3, 0.4) is 0 Å². The van der Waals surface area contributed by atoms with Crippen LogP contribution in [-0.2, 0) is 16.4 Å². The molecule has 0 radical (unpaired) electrons. The third-order valence-corrected chi connectivity index (χ3v) is 4.11. The number of benzene rings is 1. The van der Waals surface area contributed by atoms with Gasteiger partial charge in [-0.2, -0.15) is 15.0 Å². The topological polar surface area (TPSA) is 49.2 Å². The van der Waals surface area contributed by atoms with Gasteiger partial charge >= 0.3 is 7.12 Å². The van der Waals surface area contributed by atoms with Gasteiger partial charge in [0.15, 0.2) is 0 Å². The maximum Gasteiger partial charge on any atom is 0.497 e. The van der Waals surface area contributed by atoms with Gasteiger partial charge in [0.05, 0.1) is 11.2 Å². The fourth-order valence-electron chi connectivity index (χ4n) is 2.21. The van der Waals surface area contributed by atoms with Gasteiger partial charge in [-0.1, -0.05) is 0 Å². The highest BCUT2D eigenvalue weighted by molar-refractivity contribution is 6.62. The van der Waals surface area contributed by atoms with Crippen molar-refractivity contribution in [2.75, 3.05) is 0 Å². The molecule has 7 heteroatoms. The van der Waals surface area contributed by atoms with E-state index in [0.717, 1.165) is 0 Å². The van der Waals surface area contributed by atoms with Gasteiger partial charge in [-0.15, -0.1) is 0 Å². The molecule has 0 aliphatic carbocycles. The fourth-order valence-corrected chi connectivity index (χ4v) is 2.21. The Bertz CT molecular complexity index is 668. The average molecular weight is 277 g/mol. The molecule has 0 atom stereocenters. The van der Waals surface area contributed by atoms with Crippen LogP contribution in [0.15, 0.2) is 12.1 Å². The zero-order valence-corrected chi connectivity index (χ0v) is 12.3. The third-order valence-electron chi connectivity index (χ3n) is 4.11. The Morgan fingerprint density at radius 2 is 1.55 bits per heavy atom. The first-order valence-electron chi connectivity index (χ1n) is 6.56. The van der Waals surface area contributed by atoms with Crippen molar-refractivity contribution < 1.29 is 13.7 Å². The fraction of sp³-hybridized carbons (Fsp3) is 0.538. The van der Waals surface area contributed by atoms with E-state index in [1.807, 2.05) is 27.7 Å². The Labute approximate surface area is 117 Å². The van der Waals surface area contributed by atoms with Crippen LogP contribution in [0, 0.1) is 5.82 Å². The maximum absolute atomic E-state index is 14.2. The molecule has 3 rings (SSSR count). The molecule has 0 unspecified atom stereocenters. The molecule has 5 nitrogen and oxygen atoms in total. The maximum atomic E-state index is 14.2. The van der Waals surface area contributed by atoms with Crippen LogP contribution in [0.2, 0.25) is 0 Å². The Morgan fingerprint density at radius 1 is 1.05 bits per heavy atom. The van der Waals surface area contributed by atoms with Gasteiger partial charge in [-0.05, 0) is 33.8 Å². The van der Waals surface area contributed by atoms with Crippen molar-refractivity contribution in [3.63, 3.8) is 0 Å². The molecule has 1 aromatic heterocycles. The number of hydrogen-bond donors (Lipinski definition) is 0. The SMILES string of the molecule is Cn1nc2cc(F)c(B3OC(C)(C)C(C)(C)O3)cc2n1. The number of hydrogen-bond acceptors (Lipinski definition) is 4. The highest BCUT2D eigenvalue weighted by Gasteiger charge is 2.52. The van der Waals surface area contributed by atoms with E-state index in [9.17, 15) is 4.39 Å². The van der Waals surface area contributed by atoms with Crippen molar-refractivity contribution in [1.82, 2.24) is 15.0 Å². The molecule has 20 heavy (non-hydrogen) atoms. The molecule has 0 bridgehead atoms. The highest BCUT2D eigenvalue weighted by atomic mass is 19.1. The first-order valence-corrected chi connectivity index (χ1v) is 6.56. The smallest absolute Gasteiger partial charge is 0.399 e. The Kier molecular flexibility index (Phi) is 2.72. The standard InChI is InChI=1S/C13H17BFN3O2/c1-12(2)13(3,4)20-14(19-12)8-6-10-11(7-9(8)15)17-18(5)16-10/h6-7H,1-5H3. The lowest BCUT2D eigenvalue weighted by molar-refractivity contribution is 0.00578. The summed E-state index contributed by atoms with van der Waals surface area (Å²) in [6.45, 7) is 7.75. The summed E-state index contributed by atoms with van der Waals surface area (Å²) in [6, 6.07) is 3.00. The van der Waals surface area contributed by atoms with Crippen molar-refractivity contribution in [3.05, 3.63) is 17.9 Å². The summed E-state index contributed by atoms with van der Waals surface area (Å²) in [5.74, 6) is -0.392. The van der Waals surface area contributed by atoms with Gasteiger partial charge in [-0.25, -0.2) is 4.39 Å². The molecule has 1 fully saturated rings. The lowest BCUT2D eigenvalue weighted by Gasteiger charge is -2.32. The first-order chi connectivity index (χ1) is 9.19. The van der Waals surface area contributed by atoms with Gasteiger partial charge in [0.1, 0.15) is 16.9 Å². The van der Waals surface area contributed by atoms with Gasteiger partial charge in [0, 0.05) is 18.6 Å². The minimum Gasteiger partial charge on any atom is -0.399 e. The van der Waals surface area contributed by atoms with Gasteiger partial charge < -0.3 is 9.31 Å². The Morgan fingerprint density at radius 3 is 2.10 bits per heavy atom. The van der Waals surface area contributed by atoms with Crippen LogP contribution in [0.5, 0.6) is 0 Å². The van der Waals surface area contributed by atoms with Crippen molar-refractivity contribution in [2.24, 2.45) is 7.05 Å². The largest absolute Gasteiger partial charge is 0.497 e. The van der Waals surface area contributed by atoms with Crippen molar-refractivity contribution in [2.45, 2.75) is 38.9 Å².